The first-order valence-corrected chi connectivity index (χ1v) is 10.5. The maximum atomic E-state index is 13.1. The number of carbonyl (C=O) groups is 1. The SMILES string of the molecule is CC1CC(C(=O)NN2CCCC(c3ccccc3)C2)c2cc(Cl)c(Cl)cc2O1. The Kier molecular flexibility index (Phi) is 5.81. The number of nitrogens with one attached hydrogen (secondary N) is 1. The summed E-state index contributed by atoms with van der Waals surface area (Å²) in [7, 11) is 0. The molecule has 0 aliphatic carbocycles. The first-order chi connectivity index (χ1) is 13.5. The highest BCUT2D eigenvalue weighted by Crippen LogP contribution is 2.41. The highest BCUT2D eigenvalue weighted by atomic mass is 35.5. The molecule has 28 heavy (non-hydrogen) atoms. The van der Waals surface area contributed by atoms with E-state index in [2.05, 4.69) is 34.7 Å². The molecular weight excluding hydrogens is 395 g/mol. The van der Waals surface area contributed by atoms with Gasteiger partial charge >= 0.3 is 0 Å². The van der Waals surface area contributed by atoms with Gasteiger partial charge in [0.1, 0.15) is 5.75 Å². The molecule has 6 heteroatoms. The zero-order valence-corrected chi connectivity index (χ0v) is 17.3. The average Bonchev–Trinajstić information content (AvgIpc) is 2.69. The number of halogens is 2. The van der Waals surface area contributed by atoms with Gasteiger partial charge in [-0.05, 0) is 43.7 Å². The lowest BCUT2D eigenvalue weighted by Crippen LogP contribution is -2.49. The molecule has 148 valence electrons. The summed E-state index contributed by atoms with van der Waals surface area (Å²) in [5.74, 6) is 0.771. The van der Waals surface area contributed by atoms with Crippen molar-refractivity contribution < 1.29 is 9.53 Å². The number of hydrazine groups is 1. The molecule has 2 aromatic carbocycles. The molecule has 1 amide bonds. The fourth-order valence-electron chi connectivity index (χ4n) is 4.20. The number of fused-ring (bicyclic) bond motifs is 1. The van der Waals surface area contributed by atoms with E-state index in [1.54, 1.807) is 12.1 Å². The van der Waals surface area contributed by atoms with Crippen LogP contribution in [0.5, 0.6) is 5.75 Å². The van der Waals surface area contributed by atoms with Crippen molar-refractivity contribution in [3.8, 4) is 5.75 Å². The summed E-state index contributed by atoms with van der Waals surface area (Å²) in [6.45, 7) is 3.66. The molecule has 0 spiro atoms. The number of hydrogen-bond acceptors (Lipinski definition) is 3. The topological polar surface area (TPSA) is 41.6 Å². The van der Waals surface area contributed by atoms with Crippen molar-refractivity contribution in [2.75, 3.05) is 13.1 Å². The zero-order chi connectivity index (χ0) is 19.7. The van der Waals surface area contributed by atoms with E-state index in [9.17, 15) is 4.79 Å². The third kappa shape index (κ3) is 4.14. The molecular formula is C22H24Cl2N2O2. The van der Waals surface area contributed by atoms with Crippen LogP contribution in [-0.2, 0) is 4.79 Å². The van der Waals surface area contributed by atoms with Gasteiger partial charge in [0, 0.05) is 24.7 Å². The fraction of sp³-hybridized carbons (Fsp3) is 0.409. The molecule has 2 aliphatic heterocycles. The lowest BCUT2D eigenvalue weighted by atomic mass is 9.89. The largest absolute Gasteiger partial charge is 0.490 e. The predicted octanol–water partition coefficient (Wildman–Crippen LogP) is 5.16. The number of amides is 1. The molecule has 4 nitrogen and oxygen atoms in total. The summed E-state index contributed by atoms with van der Waals surface area (Å²) in [6.07, 6.45) is 2.76. The molecule has 4 rings (SSSR count). The van der Waals surface area contributed by atoms with E-state index in [4.69, 9.17) is 27.9 Å². The van der Waals surface area contributed by atoms with Crippen LogP contribution in [0.2, 0.25) is 10.0 Å². The van der Waals surface area contributed by atoms with Crippen molar-refractivity contribution in [3.05, 3.63) is 63.6 Å². The molecule has 0 aromatic heterocycles. The fourth-order valence-corrected chi connectivity index (χ4v) is 4.53. The monoisotopic (exact) mass is 418 g/mol. The summed E-state index contributed by atoms with van der Waals surface area (Å²) in [6, 6.07) is 14.0. The molecule has 0 saturated carbocycles. The van der Waals surface area contributed by atoms with E-state index in [0.29, 0.717) is 28.1 Å². The Bertz CT molecular complexity index is 859. The normalized spacial score (nSPS) is 24.9. The van der Waals surface area contributed by atoms with Crippen LogP contribution in [0.4, 0.5) is 0 Å². The van der Waals surface area contributed by atoms with Crippen molar-refractivity contribution in [2.24, 2.45) is 0 Å². The summed E-state index contributed by atoms with van der Waals surface area (Å²) in [5.41, 5.74) is 5.28. The highest BCUT2D eigenvalue weighted by Gasteiger charge is 2.33. The van der Waals surface area contributed by atoms with Gasteiger partial charge in [-0.2, -0.15) is 0 Å². The van der Waals surface area contributed by atoms with Crippen LogP contribution >= 0.6 is 23.2 Å². The molecule has 2 aliphatic rings. The van der Waals surface area contributed by atoms with Gasteiger partial charge in [0.05, 0.1) is 22.1 Å². The number of ether oxygens (including phenoxy) is 1. The second-order valence-electron chi connectivity index (χ2n) is 7.69. The Hall–Kier alpha value is -1.75. The Labute approximate surface area is 175 Å². The maximum absolute atomic E-state index is 13.1. The van der Waals surface area contributed by atoms with Gasteiger partial charge in [-0.1, -0.05) is 53.5 Å². The first-order valence-electron chi connectivity index (χ1n) is 9.77. The number of rotatable bonds is 3. The Morgan fingerprint density at radius 1 is 1.18 bits per heavy atom. The van der Waals surface area contributed by atoms with E-state index in [1.165, 1.54) is 5.56 Å². The standard InChI is InChI=1S/C22H24Cl2N2O2/c1-14-10-18(17-11-19(23)20(24)12-21(17)28-14)22(27)25-26-9-5-8-16(13-26)15-6-3-2-4-7-15/h2-4,6-7,11-12,14,16,18H,5,8-10,13H2,1H3,(H,25,27). The van der Waals surface area contributed by atoms with Crippen LogP contribution in [0.25, 0.3) is 0 Å². The summed E-state index contributed by atoms with van der Waals surface area (Å²) >= 11 is 12.3. The minimum atomic E-state index is -0.300. The lowest BCUT2D eigenvalue weighted by Gasteiger charge is -2.35. The zero-order valence-electron chi connectivity index (χ0n) is 15.8. The maximum Gasteiger partial charge on any atom is 0.242 e. The Balaban J connectivity index is 1.49. The van der Waals surface area contributed by atoms with E-state index < -0.39 is 0 Å². The van der Waals surface area contributed by atoms with Gasteiger partial charge in [0.2, 0.25) is 5.91 Å². The van der Waals surface area contributed by atoms with Gasteiger partial charge in [-0.25, -0.2) is 5.01 Å². The molecule has 0 radical (unpaired) electrons. The number of benzene rings is 2. The number of hydrogen-bond donors (Lipinski definition) is 1. The summed E-state index contributed by atoms with van der Waals surface area (Å²) < 4.78 is 5.88. The average molecular weight is 419 g/mol. The van der Waals surface area contributed by atoms with Crippen LogP contribution < -0.4 is 10.2 Å². The summed E-state index contributed by atoms with van der Waals surface area (Å²) in [4.78, 5) is 13.1. The van der Waals surface area contributed by atoms with E-state index >= 15 is 0 Å². The highest BCUT2D eigenvalue weighted by molar-refractivity contribution is 6.42. The van der Waals surface area contributed by atoms with Gasteiger partial charge in [0.15, 0.2) is 0 Å². The molecule has 1 saturated heterocycles. The van der Waals surface area contributed by atoms with Crippen LogP contribution in [0.15, 0.2) is 42.5 Å². The van der Waals surface area contributed by atoms with Crippen molar-refractivity contribution in [2.45, 2.75) is 44.1 Å². The van der Waals surface area contributed by atoms with Crippen molar-refractivity contribution in [1.29, 1.82) is 0 Å². The minimum Gasteiger partial charge on any atom is -0.490 e. The molecule has 0 bridgehead atoms. The van der Waals surface area contributed by atoms with Gasteiger partial charge in [-0.3, -0.25) is 10.2 Å². The van der Waals surface area contributed by atoms with Gasteiger partial charge in [-0.15, -0.1) is 0 Å². The first kappa shape index (κ1) is 19.6. The molecule has 2 heterocycles. The second-order valence-corrected chi connectivity index (χ2v) is 8.51. The van der Waals surface area contributed by atoms with Gasteiger partial charge in [0.25, 0.3) is 0 Å². The predicted molar refractivity (Wildman–Crippen MR) is 112 cm³/mol. The van der Waals surface area contributed by atoms with E-state index in [0.717, 1.165) is 31.5 Å². The van der Waals surface area contributed by atoms with Crippen molar-refractivity contribution >= 4 is 29.1 Å². The number of nitrogens with zero attached hydrogens (tertiary/aromatic N) is 1. The van der Waals surface area contributed by atoms with Crippen LogP contribution in [-0.4, -0.2) is 30.1 Å². The molecule has 1 fully saturated rings. The molecule has 2 aromatic rings. The minimum absolute atomic E-state index is 0.0106. The van der Waals surface area contributed by atoms with E-state index in [-0.39, 0.29) is 17.9 Å². The van der Waals surface area contributed by atoms with Gasteiger partial charge < -0.3 is 4.74 Å². The smallest absolute Gasteiger partial charge is 0.242 e. The summed E-state index contributed by atoms with van der Waals surface area (Å²) in [5, 5.41) is 2.94. The Morgan fingerprint density at radius 3 is 2.71 bits per heavy atom. The van der Waals surface area contributed by atoms with Crippen LogP contribution in [0.1, 0.15) is 49.1 Å². The number of piperidine rings is 1. The molecule has 1 N–H and O–H groups in total. The van der Waals surface area contributed by atoms with Crippen LogP contribution in [0, 0.1) is 0 Å². The molecule has 3 unspecified atom stereocenters. The molecule has 3 atom stereocenters. The number of carbonyl (C=O) groups excluding carboxylic acids is 1. The third-order valence-electron chi connectivity index (χ3n) is 5.60. The quantitative estimate of drug-likeness (QED) is 0.748. The third-order valence-corrected chi connectivity index (χ3v) is 6.32. The van der Waals surface area contributed by atoms with Crippen LogP contribution in [0.3, 0.4) is 0 Å². The Morgan fingerprint density at radius 2 is 1.93 bits per heavy atom. The van der Waals surface area contributed by atoms with E-state index in [1.807, 2.05) is 13.0 Å². The van der Waals surface area contributed by atoms with Crippen molar-refractivity contribution in [1.82, 2.24) is 10.4 Å². The second kappa shape index (κ2) is 8.32. The van der Waals surface area contributed by atoms with Crippen molar-refractivity contribution in [3.63, 3.8) is 0 Å². The lowest BCUT2D eigenvalue weighted by molar-refractivity contribution is -0.129.